The molecular weight excluding hydrogens is 1910 g/mol. The summed E-state index contributed by atoms with van der Waals surface area (Å²) in [6.07, 6.45) is -53.9. The Labute approximate surface area is 828 Å². The number of carbonyl (C=O) groups is 8. The number of Topliss-reactive ketones (excluding diaryl/α,β-unsaturated/α-hetero) is 1. The molecule has 51 nitrogen and oxygen atoms in total. The number of aliphatic hydroxyl groups excluding tert-OH is 22. The number of carboxylic acids is 3. The number of aliphatic carboxylic acids is 3. The first-order valence-corrected chi connectivity index (χ1v) is 49.9. The maximum Gasteiger partial charge on any atom is 0.364 e. The van der Waals surface area contributed by atoms with Crippen LogP contribution in [0.15, 0.2) is 0 Å². The van der Waals surface area contributed by atoms with Crippen molar-refractivity contribution in [3.63, 3.8) is 0 Å². The SMILES string of the molecule is CCCCCCCCCCCCCCCC(O)C(COC1OC(CO)C(OC2OC(CO)C(OC3OC(CO)C(O)C(OC4OC(CO)C(O)C(O)C4O)C3CC(C)=O)C(OC3(C(=O)O)CC(O)C(NC(C)=O)C(C(O)C(CO)OC4(C(=O)O)CC(O)C(NC(C)=O)C(C(O)C(CO)OC5(C(=O)O)CC(O)C(NC(C)=O)C(C(O)C(O)CO)O5)O4)O3)C2O)C(O)C1O)NC(=O)CCCCCCCCCCCCC. The number of rotatable bonds is 64. The van der Waals surface area contributed by atoms with E-state index >= 15 is 0 Å². The first kappa shape index (κ1) is 124. The Kier molecular flexibility index (Phi) is 52.7. The number of hydrogen-bond donors (Lipinski definition) is 29. The van der Waals surface area contributed by atoms with E-state index < -0.39 is 369 Å². The van der Waals surface area contributed by atoms with Crippen molar-refractivity contribution in [2.24, 2.45) is 5.92 Å². The summed E-state index contributed by atoms with van der Waals surface area (Å²) in [4.78, 5) is 108. The van der Waals surface area contributed by atoms with Gasteiger partial charge in [-0.3, -0.25) is 19.2 Å². The summed E-state index contributed by atoms with van der Waals surface area (Å²) in [6, 6.07) is -7.36. The minimum absolute atomic E-state index is 0.0788. The van der Waals surface area contributed by atoms with Crippen molar-refractivity contribution in [1.29, 1.82) is 0 Å². The van der Waals surface area contributed by atoms with Gasteiger partial charge in [-0.2, -0.15) is 0 Å². The number of hydrogen-bond acceptors (Lipinski definition) is 44. The second kappa shape index (κ2) is 60.5. The Morgan fingerprint density at radius 1 is 0.371 bits per heavy atom. The van der Waals surface area contributed by atoms with E-state index in [1.807, 2.05) is 0 Å². The quantitative estimate of drug-likeness (QED) is 0.0252. The summed E-state index contributed by atoms with van der Waals surface area (Å²) in [5.41, 5.74) is 0. The number of amides is 4. The van der Waals surface area contributed by atoms with Gasteiger partial charge in [0.2, 0.25) is 23.6 Å². The van der Waals surface area contributed by atoms with Crippen LogP contribution in [0.25, 0.3) is 0 Å². The number of aliphatic hydroxyl groups is 22. The minimum atomic E-state index is -3.80. The lowest BCUT2D eigenvalue weighted by atomic mass is 9.86. The number of ether oxygens (including phenoxy) is 14. The van der Waals surface area contributed by atoms with E-state index in [1.165, 1.54) is 57.8 Å². The van der Waals surface area contributed by atoms with Crippen LogP contribution in [-0.2, 0) is 105 Å². The molecule has 40 unspecified atom stereocenters. The molecule has 0 aromatic heterocycles. The van der Waals surface area contributed by atoms with Crippen LogP contribution in [0.2, 0.25) is 0 Å². The molecule has 7 rings (SSSR count). The van der Waals surface area contributed by atoms with Gasteiger partial charge in [0.25, 0.3) is 17.4 Å². The number of nitrogens with one attached hydrogen (secondary N) is 4. The molecule has 143 heavy (non-hydrogen) atoms. The largest absolute Gasteiger partial charge is 0.477 e. The molecule has 7 aliphatic heterocycles. The first-order valence-electron chi connectivity index (χ1n) is 49.9. The first-order chi connectivity index (χ1) is 67.9. The third-order valence-corrected chi connectivity index (χ3v) is 27.2. The molecule has 0 aromatic carbocycles. The Morgan fingerprint density at radius 2 is 0.734 bits per heavy atom. The van der Waals surface area contributed by atoms with E-state index in [1.54, 1.807) is 0 Å². The van der Waals surface area contributed by atoms with E-state index in [2.05, 4.69) is 35.1 Å². The van der Waals surface area contributed by atoms with Gasteiger partial charge >= 0.3 is 17.9 Å². The van der Waals surface area contributed by atoms with Crippen LogP contribution >= 0.6 is 0 Å². The van der Waals surface area contributed by atoms with Gasteiger partial charge < -0.3 is 220 Å². The van der Waals surface area contributed by atoms with E-state index in [0.717, 1.165) is 111 Å². The number of carbonyl (C=O) groups excluding carboxylic acids is 5. The van der Waals surface area contributed by atoms with Gasteiger partial charge in [-0.05, 0) is 19.8 Å². The Morgan fingerprint density at radius 3 is 1.15 bits per heavy atom. The predicted molar refractivity (Wildman–Crippen MR) is 484 cm³/mol. The molecule has 4 amide bonds. The third-order valence-electron chi connectivity index (χ3n) is 27.2. The van der Waals surface area contributed by atoms with Gasteiger partial charge in [0.05, 0.1) is 108 Å². The molecule has 7 heterocycles. The van der Waals surface area contributed by atoms with E-state index in [9.17, 15) is 166 Å². The van der Waals surface area contributed by atoms with Crippen LogP contribution < -0.4 is 21.3 Å². The van der Waals surface area contributed by atoms with E-state index in [-0.39, 0.29) is 12.8 Å². The number of ketones is 1. The molecular formula is C92H160N4O47. The van der Waals surface area contributed by atoms with Crippen molar-refractivity contribution in [2.45, 2.75) is 472 Å². The molecule has 0 bridgehead atoms. The molecule has 0 spiro atoms. The van der Waals surface area contributed by atoms with Crippen molar-refractivity contribution in [2.75, 3.05) is 52.9 Å². The maximum atomic E-state index is 14.7. The minimum Gasteiger partial charge on any atom is -0.477 e. The highest BCUT2D eigenvalue weighted by atomic mass is 16.8. The zero-order valence-electron chi connectivity index (χ0n) is 81.9. The second-order valence-electron chi connectivity index (χ2n) is 38.5. The summed E-state index contributed by atoms with van der Waals surface area (Å²) in [7, 11) is 0. The molecule has 0 aromatic rings. The fourth-order valence-corrected chi connectivity index (χ4v) is 19.3. The monoisotopic (exact) mass is 2070 g/mol. The molecule has 51 heteroatoms. The van der Waals surface area contributed by atoms with Crippen LogP contribution in [0.4, 0.5) is 0 Å². The second-order valence-corrected chi connectivity index (χ2v) is 38.5. The lowest BCUT2D eigenvalue weighted by Gasteiger charge is -2.53. The van der Waals surface area contributed by atoms with Crippen LogP contribution in [0.3, 0.4) is 0 Å². The Bertz CT molecular complexity index is 3780. The molecule has 40 atom stereocenters. The summed E-state index contributed by atoms with van der Waals surface area (Å²) >= 11 is 0. The van der Waals surface area contributed by atoms with Crippen molar-refractivity contribution in [3.05, 3.63) is 0 Å². The van der Waals surface area contributed by atoms with Gasteiger partial charge in [0.15, 0.2) is 25.2 Å². The Hall–Kier alpha value is -5.48. The molecule has 7 saturated heterocycles. The number of carboxylic acid groups (broad SMARTS) is 3. The molecule has 830 valence electrons. The maximum absolute atomic E-state index is 14.7. The Balaban J connectivity index is 1.25. The topological polar surface area (TPSA) is 820 Å². The van der Waals surface area contributed by atoms with Crippen molar-refractivity contribution in [1.82, 2.24) is 21.3 Å². The van der Waals surface area contributed by atoms with E-state index in [4.69, 9.17) is 66.3 Å². The normalized spacial score (nSPS) is 36.1. The zero-order chi connectivity index (χ0) is 106. The van der Waals surface area contributed by atoms with Gasteiger partial charge in [-0.1, -0.05) is 162 Å². The van der Waals surface area contributed by atoms with Gasteiger partial charge in [0, 0.05) is 58.8 Å². The lowest BCUT2D eigenvalue weighted by molar-refractivity contribution is -0.407. The van der Waals surface area contributed by atoms with Crippen LogP contribution in [-0.4, -0.2) is 465 Å². The highest BCUT2D eigenvalue weighted by Crippen LogP contribution is 2.46. The third kappa shape index (κ3) is 34.3. The predicted octanol–water partition coefficient (Wildman–Crippen LogP) is -6.94. The fraction of sp³-hybridized carbons (Fsp3) is 0.913. The number of unbranched alkanes of at least 4 members (excludes halogenated alkanes) is 22. The lowest BCUT2D eigenvalue weighted by Crippen LogP contribution is -2.72. The van der Waals surface area contributed by atoms with Crippen molar-refractivity contribution >= 4 is 47.3 Å². The molecule has 0 radical (unpaired) electrons. The highest BCUT2D eigenvalue weighted by molar-refractivity contribution is 5.79. The molecule has 29 N–H and O–H groups in total. The smallest absolute Gasteiger partial charge is 0.364 e. The fourth-order valence-electron chi connectivity index (χ4n) is 19.3. The van der Waals surface area contributed by atoms with E-state index in [0.29, 0.717) is 12.8 Å². The molecule has 0 saturated carbocycles. The van der Waals surface area contributed by atoms with Crippen LogP contribution in [0.5, 0.6) is 0 Å². The van der Waals surface area contributed by atoms with Gasteiger partial charge in [0.1, 0.15) is 146 Å². The highest BCUT2D eigenvalue weighted by Gasteiger charge is 2.66. The van der Waals surface area contributed by atoms with Gasteiger partial charge in [-0.25, -0.2) is 14.4 Å². The molecule has 7 fully saturated rings. The summed E-state index contributed by atoms with van der Waals surface area (Å²) in [5.74, 6) is -24.2. The summed E-state index contributed by atoms with van der Waals surface area (Å²) < 4.78 is 84.4. The van der Waals surface area contributed by atoms with Crippen molar-refractivity contribution in [3.8, 4) is 0 Å². The zero-order valence-corrected chi connectivity index (χ0v) is 81.9. The standard InChI is InChI=1S/C92H160N4O47/c1-7-9-11-13-15-17-19-20-22-23-25-27-29-31-51(108)50(96-62(113)32-30-28-26-24-21-18-16-14-12-10-8-2)44-130-84-74(122)72(120)77(60(42-102)133-84)136-86-75(123)82(78(61(43-103)134-86)137-83-49(33-45(3)104)76(68(116)57(39-99)131-83)135-85-73(121)71(119)67(115)56(38-98)132-85)143-92(89(128)129)36-54(111)65(95-48(6)107)81(142-92)70(118)59(41-101)139-91(88(126)127)35-53(110)64(94-47(5)106)80(141-91)69(117)58(40-100)138-90(87(124)125)34-52(109)63(93-46(4)105)79(140-90)66(114)55(112)37-97/h49-61,63-86,97-103,108-112,114-123H,7-44H2,1-6H3,(H,93,105)(H,94,106)(H,95,107)(H,96,113)(H,124,125)(H,126,127)(H,128,129). The van der Waals surface area contributed by atoms with Crippen molar-refractivity contribution < 1.29 is 232 Å². The van der Waals surface area contributed by atoms with Crippen LogP contribution in [0, 0.1) is 5.92 Å². The average molecular weight is 2070 g/mol. The summed E-state index contributed by atoms with van der Waals surface area (Å²) in [5, 5.41) is 296. The molecule has 0 aliphatic carbocycles. The summed E-state index contributed by atoms with van der Waals surface area (Å²) in [6.45, 7) is -2.13. The molecule has 7 aliphatic rings. The average Bonchev–Trinajstić information content (AvgIpc) is 0.741. The van der Waals surface area contributed by atoms with Gasteiger partial charge in [-0.15, -0.1) is 0 Å². The van der Waals surface area contributed by atoms with Crippen LogP contribution in [0.1, 0.15) is 234 Å².